The third kappa shape index (κ3) is 4.61. The summed E-state index contributed by atoms with van der Waals surface area (Å²) in [6, 6.07) is 14.6. The van der Waals surface area contributed by atoms with Gasteiger partial charge in [-0.1, -0.05) is 17.7 Å². The average molecular weight is 486 g/mol. The Kier molecular flexibility index (Phi) is 7.12. The highest BCUT2D eigenvalue weighted by Crippen LogP contribution is 2.39. The summed E-state index contributed by atoms with van der Waals surface area (Å²) in [7, 11) is 4.72. The number of benzene rings is 3. The molecule has 0 saturated heterocycles. The van der Waals surface area contributed by atoms with Crippen LogP contribution >= 0.6 is 11.6 Å². The predicted octanol–water partition coefficient (Wildman–Crippen LogP) is 5.32. The Morgan fingerprint density at radius 3 is 2.32 bits per heavy atom. The smallest absolute Gasteiger partial charge is 0.259 e. The molecule has 3 aromatic rings. The summed E-state index contributed by atoms with van der Waals surface area (Å²) in [4.78, 5) is 15.1. The van der Waals surface area contributed by atoms with E-state index in [2.05, 4.69) is 0 Å². The maximum Gasteiger partial charge on any atom is 0.259 e. The molecule has 1 aliphatic heterocycles. The fraction of sp³-hybridized carbons (Fsp3) is 0.269. The monoisotopic (exact) mass is 485 g/mol. The molecule has 1 atom stereocenters. The number of carbonyl (C=O) groups is 1. The first-order valence-corrected chi connectivity index (χ1v) is 11.1. The molecule has 1 unspecified atom stereocenters. The third-order valence-electron chi connectivity index (χ3n) is 5.91. The lowest BCUT2D eigenvalue weighted by Gasteiger charge is -2.38. The molecule has 178 valence electrons. The van der Waals surface area contributed by atoms with E-state index >= 15 is 0 Å². The van der Waals surface area contributed by atoms with E-state index in [-0.39, 0.29) is 17.2 Å². The minimum absolute atomic E-state index is 0.0675. The van der Waals surface area contributed by atoms with Crippen molar-refractivity contribution < 1.29 is 28.1 Å². The standard InChI is InChI=1S/C26H25ClFNO5/c1-31-17-7-9-18(10-8-17)34-15-22-19-14-24(33-3)23(32-2)13-16(19)11-12-29(22)26(30)25-20(27)5-4-6-21(25)28/h4-10,13-14,22H,11-12,15H2,1-3H3. The van der Waals surface area contributed by atoms with E-state index < -0.39 is 17.8 Å². The third-order valence-corrected chi connectivity index (χ3v) is 6.22. The Balaban J connectivity index is 1.72. The summed E-state index contributed by atoms with van der Waals surface area (Å²) in [6.07, 6.45) is 0.562. The van der Waals surface area contributed by atoms with E-state index in [4.69, 9.17) is 30.5 Å². The van der Waals surface area contributed by atoms with Gasteiger partial charge in [-0.05, 0) is 66.1 Å². The summed E-state index contributed by atoms with van der Waals surface area (Å²) in [5.74, 6) is 1.31. The number of rotatable bonds is 7. The topological polar surface area (TPSA) is 57.2 Å². The molecule has 6 nitrogen and oxygen atoms in total. The van der Waals surface area contributed by atoms with E-state index in [9.17, 15) is 9.18 Å². The fourth-order valence-corrected chi connectivity index (χ4v) is 4.39. The molecular weight excluding hydrogens is 461 g/mol. The van der Waals surface area contributed by atoms with Crippen LogP contribution in [0.2, 0.25) is 5.02 Å². The van der Waals surface area contributed by atoms with Crippen molar-refractivity contribution in [2.45, 2.75) is 12.5 Å². The second-order valence-electron chi connectivity index (χ2n) is 7.75. The van der Waals surface area contributed by atoms with Crippen molar-refractivity contribution >= 4 is 17.5 Å². The molecule has 8 heteroatoms. The number of hydrogen-bond donors (Lipinski definition) is 0. The summed E-state index contributed by atoms with van der Waals surface area (Å²) < 4.78 is 36.8. The lowest BCUT2D eigenvalue weighted by Crippen LogP contribution is -2.43. The zero-order valence-corrected chi connectivity index (χ0v) is 19.9. The van der Waals surface area contributed by atoms with Crippen molar-refractivity contribution in [2.24, 2.45) is 0 Å². The number of hydrogen-bond acceptors (Lipinski definition) is 5. The number of nitrogens with zero attached hydrogens (tertiary/aromatic N) is 1. The average Bonchev–Trinajstić information content (AvgIpc) is 2.86. The van der Waals surface area contributed by atoms with Gasteiger partial charge in [0.05, 0.1) is 38.0 Å². The Hall–Kier alpha value is -3.45. The van der Waals surface area contributed by atoms with Crippen LogP contribution in [-0.4, -0.2) is 45.3 Å². The summed E-state index contributed by atoms with van der Waals surface area (Å²) in [5, 5.41) is 0.0675. The molecule has 0 spiro atoms. The van der Waals surface area contributed by atoms with Crippen LogP contribution in [0.3, 0.4) is 0 Å². The quantitative estimate of drug-likeness (QED) is 0.453. The van der Waals surface area contributed by atoms with Crippen molar-refractivity contribution in [1.82, 2.24) is 4.90 Å². The SMILES string of the molecule is COc1ccc(OCC2c3cc(OC)c(OC)cc3CCN2C(=O)c2c(F)cccc2Cl)cc1. The summed E-state index contributed by atoms with van der Waals surface area (Å²) in [6.45, 7) is 0.509. The second-order valence-corrected chi connectivity index (χ2v) is 8.16. The summed E-state index contributed by atoms with van der Waals surface area (Å²) >= 11 is 6.21. The molecule has 1 aliphatic rings. The molecule has 3 aromatic carbocycles. The molecule has 34 heavy (non-hydrogen) atoms. The van der Waals surface area contributed by atoms with Crippen molar-refractivity contribution in [3.8, 4) is 23.0 Å². The van der Waals surface area contributed by atoms with Gasteiger partial charge in [-0.2, -0.15) is 0 Å². The van der Waals surface area contributed by atoms with E-state index in [1.807, 2.05) is 12.1 Å². The van der Waals surface area contributed by atoms with Gasteiger partial charge in [-0.25, -0.2) is 4.39 Å². The Morgan fingerprint density at radius 1 is 1.00 bits per heavy atom. The largest absolute Gasteiger partial charge is 0.497 e. The van der Waals surface area contributed by atoms with Crippen molar-refractivity contribution in [3.63, 3.8) is 0 Å². The number of carbonyl (C=O) groups excluding carboxylic acids is 1. The van der Waals surface area contributed by atoms with Gasteiger partial charge in [0.2, 0.25) is 0 Å². The van der Waals surface area contributed by atoms with Gasteiger partial charge in [0.25, 0.3) is 5.91 Å². The predicted molar refractivity (Wildman–Crippen MR) is 127 cm³/mol. The highest BCUT2D eigenvalue weighted by molar-refractivity contribution is 6.33. The highest BCUT2D eigenvalue weighted by atomic mass is 35.5. The molecule has 0 saturated carbocycles. The Labute approximate surface area is 202 Å². The molecular formula is C26H25ClFNO5. The van der Waals surface area contributed by atoms with Crippen LogP contribution in [-0.2, 0) is 6.42 Å². The van der Waals surface area contributed by atoms with Crippen molar-refractivity contribution in [3.05, 3.63) is 82.1 Å². The van der Waals surface area contributed by atoms with Crippen molar-refractivity contribution in [1.29, 1.82) is 0 Å². The van der Waals surface area contributed by atoms with Crippen molar-refractivity contribution in [2.75, 3.05) is 34.5 Å². The van der Waals surface area contributed by atoms with Gasteiger partial charge < -0.3 is 23.8 Å². The number of fused-ring (bicyclic) bond motifs is 1. The lowest BCUT2D eigenvalue weighted by atomic mass is 9.91. The molecule has 1 amide bonds. The number of ether oxygens (including phenoxy) is 4. The van der Waals surface area contributed by atoms with Crippen LogP contribution in [0.4, 0.5) is 4.39 Å². The first-order valence-electron chi connectivity index (χ1n) is 10.7. The molecule has 0 bridgehead atoms. The van der Waals surface area contributed by atoms with E-state index in [0.717, 1.165) is 11.1 Å². The van der Waals surface area contributed by atoms with Gasteiger partial charge in [-0.3, -0.25) is 4.79 Å². The second kappa shape index (κ2) is 10.2. The molecule has 0 fully saturated rings. The van der Waals surface area contributed by atoms with E-state index in [1.165, 1.54) is 18.2 Å². The van der Waals surface area contributed by atoms with Gasteiger partial charge in [-0.15, -0.1) is 0 Å². The van der Waals surface area contributed by atoms with E-state index in [1.54, 1.807) is 50.5 Å². The molecule has 0 N–H and O–H groups in total. The Bertz CT molecular complexity index is 1160. The minimum Gasteiger partial charge on any atom is -0.497 e. The fourth-order valence-electron chi connectivity index (χ4n) is 4.14. The minimum atomic E-state index is -0.662. The highest BCUT2D eigenvalue weighted by Gasteiger charge is 2.35. The number of halogens is 2. The molecule has 0 aromatic heterocycles. The normalized spacial score (nSPS) is 14.9. The van der Waals surface area contributed by atoms with Crippen LogP contribution in [0.1, 0.15) is 27.5 Å². The van der Waals surface area contributed by atoms with Crippen LogP contribution < -0.4 is 18.9 Å². The maximum atomic E-state index is 14.6. The van der Waals surface area contributed by atoms with Crippen LogP contribution in [0.15, 0.2) is 54.6 Å². The molecule has 0 radical (unpaired) electrons. The van der Waals surface area contributed by atoms with Crippen LogP contribution in [0.5, 0.6) is 23.0 Å². The number of amides is 1. The van der Waals surface area contributed by atoms with Gasteiger partial charge in [0.1, 0.15) is 23.9 Å². The maximum absolute atomic E-state index is 14.6. The van der Waals surface area contributed by atoms with Gasteiger partial charge in [0, 0.05) is 6.54 Å². The Morgan fingerprint density at radius 2 is 1.68 bits per heavy atom. The first-order chi connectivity index (χ1) is 16.5. The first kappa shape index (κ1) is 23.7. The number of methoxy groups -OCH3 is 3. The van der Waals surface area contributed by atoms with Gasteiger partial charge >= 0.3 is 0 Å². The summed E-state index contributed by atoms with van der Waals surface area (Å²) in [5.41, 5.74) is 1.70. The zero-order chi connectivity index (χ0) is 24.2. The lowest BCUT2D eigenvalue weighted by molar-refractivity contribution is 0.0584. The van der Waals surface area contributed by atoms with E-state index in [0.29, 0.717) is 36.0 Å². The van der Waals surface area contributed by atoms with Crippen LogP contribution in [0.25, 0.3) is 0 Å². The molecule has 0 aliphatic carbocycles. The van der Waals surface area contributed by atoms with Crippen LogP contribution in [0, 0.1) is 5.82 Å². The van der Waals surface area contributed by atoms with Gasteiger partial charge in [0.15, 0.2) is 11.5 Å². The molecule has 1 heterocycles. The molecule has 4 rings (SSSR count). The zero-order valence-electron chi connectivity index (χ0n) is 19.1.